The number of benzene rings is 3. The van der Waals surface area contributed by atoms with Crippen molar-refractivity contribution in [3.05, 3.63) is 83.2 Å². The molecule has 3 rings (SSSR count). The van der Waals surface area contributed by atoms with Crippen LogP contribution in [-0.2, 0) is 0 Å². The van der Waals surface area contributed by atoms with Gasteiger partial charge in [-0.3, -0.25) is 0 Å². The normalized spacial score (nSPS) is 12.6. The molecule has 0 aliphatic carbocycles. The van der Waals surface area contributed by atoms with Crippen LogP contribution in [0.2, 0.25) is 0 Å². The van der Waals surface area contributed by atoms with Gasteiger partial charge < -0.3 is 5.11 Å². The number of halogens is 3. The molecule has 0 fully saturated rings. The summed E-state index contributed by atoms with van der Waals surface area (Å²) >= 11 is 0. The van der Waals surface area contributed by atoms with Crippen LogP contribution in [0, 0.1) is 17.5 Å². The lowest BCUT2D eigenvalue weighted by atomic mass is 9.98. The maximum absolute atomic E-state index is 13.7. The second-order valence-electron chi connectivity index (χ2n) is 4.77. The van der Waals surface area contributed by atoms with Crippen molar-refractivity contribution in [1.82, 2.24) is 0 Å². The molecule has 0 radical (unpaired) electrons. The van der Waals surface area contributed by atoms with E-state index in [1.165, 1.54) is 0 Å². The van der Waals surface area contributed by atoms with Crippen molar-refractivity contribution in [3.63, 3.8) is 0 Å². The van der Waals surface area contributed by atoms with Crippen LogP contribution in [-0.4, -0.2) is 5.11 Å². The molecule has 0 bridgehead atoms. The summed E-state index contributed by atoms with van der Waals surface area (Å²) in [6.45, 7) is 0. The van der Waals surface area contributed by atoms with Gasteiger partial charge in [0.15, 0.2) is 17.5 Å². The first-order chi connectivity index (χ1) is 10.1. The largest absolute Gasteiger partial charge is 0.384 e. The van der Waals surface area contributed by atoms with Crippen molar-refractivity contribution in [1.29, 1.82) is 0 Å². The summed E-state index contributed by atoms with van der Waals surface area (Å²) < 4.78 is 39.9. The van der Waals surface area contributed by atoms with Gasteiger partial charge in [0.05, 0.1) is 0 Å². The topological polar surface area (TPSA) is 20.2 Å². The molecular formula is C17H11F3O. The highest BCUT2D eigenvalue weighted by Crippen LogP contribution is 2.28. The van der Waals surface area contributed by atoms with Gasteiger partial charge in [-0.05, 0) is 28.5 Å². The minimum absolute atomic E-state index is 0.288. The van der Waals surface area contributed by atoms with Crippen LogP contribution in [0.5, 0.6) is 0 Å². The lowest BCUT2D eigenvalue weighted by Crippen LogP contribution is -2.05. The summed E-state index contributed by atoms with van der Waals surface area (Å²) in [4.78, 5) is 0. The van der Waals surface area contributed by atoms with Gasteiger partial charge in [0.1, 0.15) is 6.10 Å². The van der Waals surface area contributed by atoms with E-state index in [9.17, 15) is 18.3 Å². The van der Waals surface area contributed by atoms with Gasteiger partial charge in [0.25, 0.3) is 0 Å². The number of fused-ring (bicyclic) bond motifs is 1. The average Bonchev–Trinajstić information content (AvgIpc) is 2.52. The van der Waals surface area contributed by atoms with Crippen LogP contribution in [0.4, 0.5) is 13.2 Å². The summed E-state index contributed by atoms with van der Waals surface area (Å²) in [5.41, 5.74) is 0.128. The fourth-order valence-corrected chi connectivity index (χ4v) is 2.31. The molecule has 0 heterocycles. The molecule has 106 valence electrons. The van der Waals surface area contributed by atoms with E-state index in [0.717, 1.165) is 22.9 Å². The number of hydrogen-bond donors (Lipinski definition) is 1. The van der Waals surface area contributed by atoms with Crippen molar-refractivity contribution < 1.29 is 18.3 Å². The van der Waals surface area contributed by atoms with Crippen molar-refractivity contribution in [2.24, 2.45) is 0 Å². The number of hydrogen-bond acceptors (Lipinski definition) is 1. The van der Waals surface area contributed by atoms with E-state index in [-0.39, 0.29) is 5.56 Å². The first-order valence-electron chi connectivity index (χ1n) is 6.38. The standard InChI is InChI=1S/C17H11F3O/c18-14-8-7-13(15(19)16(14)20)17(21)12-6-5-10-3-1-2-4-11(10)9-12/h1-9,17,21H. The zero-order chi connectivity index (χ0) is 15.0. The predicted octanol–water partition coefficient (Wildman–Crippen LogP) is 4.34. The fraction of sp³-hybridized carbons (Fsp3) is 0.0588. The van der Waals surface area contributed by atoms with Crippen LogP contribution in [0.25, 0.3) is 10.8 Å². The Balaban J connectivity index is 2.08. The zero-order valence-electron chi connectivity index (χ0n) is 10.9. The molecule has 0 aliphatic rings. The molecule has 4 heteroatoms. The summed E-state index contributed by atoms with van der Waals surface area (Å²) in [5, 5.41) is 12.1. The van der Waals surface area contributed by atoms with Gasteiger partial charge in [-0.15, -0.1) is 0 Å². The third-order valence-electron chi connectivity index (χ3n) is 3.45. The van der Waals surface area contributed by atoms with Gasteiger partial charge in [-0.25, -0.2) is 13.2 Å². The molecule has 3 aromatic carbocycles. The van der Waals surface area contributed by atoms with Gasteiger partial charge in [-0.2, -0.15) is 0 Å². The Kier molecular flexibility index (Phi) is 3.39. The Hall–Kier alpha value is -2.33. The zero-order valence-corrected chi connectivity index (χ0v) is 10.9. The van der Waals surface area contributed by atoms with Crippen LogP contribution < -0.4 is 0 Å². The minimum atomic E-state index is -1.58. The number of aliphatic hydroxyl groups excluding tert-OH is 1. The minimum Gasteiger partial charge on any atom is -0.384 e. The molecule has 0 amide bonds. The lowest BCUT2D eigenvalue weighted by Gasteiger charge is -2.14. The second-order valence-corrected chi connectivity index (χ2v) is 4.77. The molecule has 0 spiro atoms. The maximum Gasteiger partial charge on any atom is 0.194 e. The molecule has 1 N–H and O–H groups in total. The first kappa shape index (κ1) is 13.6. The molecule has 0 saturated carbocycles. The molecule has 0 saturated heterocycles. The van der Waals surface area contributed by atoms with Crippen molar-refractivity contribution in [2.45, 2.75) is 6.10 Å². The van der Waals surface area contributed by atoms with Crippen LogP contribution in [0.15, 0.2) is 54.6 Å². The van der Waals surface area contributed by atoms with E-state index < -0.39 is 23.6 Å². The monoisotopic (exact) mass is 288 g/mol. The van der Waals surface area contributed by atoms with Gasteiger partial charge in [0, 0.05) is 5.56 Å². The molecule has 0 aromatic heterocycles. The van der Waals surface area contributed by atoms with E-state index in [0.29, 0.717) is 5.56 Å². The van der Waals surface area contributed by atoms with Gasteiger partial charge in [0.2, 0.25) is 0 Å². The maximum atomic E-state index is 13.7. The summed E-state index contributed by atoms with van der Waals surface area (Å²) in [5.74, 6) is -4.22. The Labute approximate surface area is 119 Å². The van der Waals surface area contributed by atoms with E-state index in [2.05, 4.69) is 0 Å². The smallest absolute Gasteiger partial charge is 0.194 e. The molecular weight excluding hydrogens is 277 g/mol. The van der Waals surface area contributed by atoms with E-state index >= 15 is 0 Å². The Morgan fingerprint density at radius 3 is 2.24 bits per heavy atom. The van der Waals surface area contributed by atoms with Gasteiger partial charge in [-0.1, -0.05) is 42.5 Å². The summed E-state index contributed by atoms with van der Waals surface area (Å²) in [7, 11) is 0. The average molecular weight is 288 g/mol. The first-order valence-corrected chi connectivity index (χ1v) is 6.38. The molecule has 1 nitrogen and oxygen atoms in total. The van der Waals surface area contributed by atoms with Crippen LogP contribution in [0.1, 0.15) is 17.2 Å². The second kappa shape index (κ2) is 5.22. The third-order valence-corrected chi connectivity index (χ3v) is 3.45. The van der Waals surface area contributed by atoms with Crippen LogP contribution in [0.3, 0.4) is 0 Å². The Morgan fingerprint density at radius 2 is 1.48 bits per heavy atom. The van der Waals surface area contributed by atoms with Gasteiger partial charge >= 0.3 is 0 Å². The highest BCUT2D eigenvalue weighted by molar-refractivity contribution is 5.83. The molecule has 21 heavy (non-hydrogen) atoms. The summed E-state index contributed by atoms with van der Waals surface area (Å²) in [6, 6.07) is 14.5. The van der Waals surface area contributed by atoms with Crippen molar-refractivity contribution in [3.8, 4) is 0 Å². The SMILES string of the molecule is OC(c1ccc2ccccc2c1)c1ccc(F)c(F)c1F. The lowest BCUT2D eigenvalue weighted by molar-refractivity contribution is 0.213. The van der Waals surface area contributed by atoms with E-state index in [4.69, 9.17) is 0 Å². The Bertz CT molecular complexity index is 814. The van der Waals surface area contributed by atoms with Crippen molar-refractivity contribution >= 4 is 10.8 Å². The highest BCUT2D eigenvalue weighted by atomic mass is 19.2. The molecule has 3 aromatic rings. The van der Waals surface area contributed by atoms with Crippen molar-refractivity contribution in [2.75, 3.05) is 0 Å². The number of rotatable bonds is 2. The summed E-state index contributed by atoms with van der Waals surface area (Å²) in [6.07, 6.45) is -1.36. The molecule has 1 unspecified atom stereocenters. The Morgan fingerprint density at radius 1 is 0.762 bits per heavy atom. The third kappa shape index (κ3) is 2.38. The fourth-order valence-electron chi connectivity index (χ4n) is 2.31. The van der Waals surface area contributed by atoms with E-state index in [1.54, 1.807) is 18.2 Å². The number of aliphatic hydroxyl groups is 1. The quantitative estimate of drug-likeness (QED) is 0.695. The molecule has 1 atom stereocenters. The van der Waals surface area contributed by atoms with E-state index in [1.807, 2.05) is 24.3 Å². The highest BCUT2D eigenvalue weighted by Gasteiger charge is 2.20. The molecule has 0 aliphatic heterocycles. The van der Waals surface area contributed by atoms with Crippen LogP contribution >= 0.6 is 0 Å². The predicted molar refractivity (Wildman–Crippen MR) is 74.3 cm³/mol.